The maximum Gasteiger partial charge on any atom is 0.0143 e. The van der Waals surface area contributed by atoms with Crippen LogP contribution in [0, 0.1) is 30.6 Å². The van der Waals surface area contributed by atoms with E-state index in [0.717, 1.165) is 0 Å². The smallest absolute Gasteiger partial charge is 0.0143 e. The molecule has 0 fully saturated rings. The topological polar surface area (TPSA) is 0 Å². The first kappa shape index (κ1) is 10.2. The molecule has 0 nitrogen and oxygen atoms in total. The fourth-order valence-corrected chi connectivity index (χ4v) is 0. The van der Waals surface area contributed by atoms with Crippen molar-refractivity contribution in [2.45, 2.75) is 20.8 Å². The Balaban J connectivity index is 0. The minimum Gasteiger partial charge on any atom is -0.120 e. The van der Waals surface area contributed by atoms with Crippen LogP contribution in [0.1, 0.15) is 20.8 Å². The van der Waals surface area contributed by atoms with Gasteiger partial charge in [-0.2, -0.15) is 0 Å². The molecule has 0 aliphatic carbocycles. The van der Waals surface area contributed by atoms with Crippen molar-refractivity contribution in [3.8, 4) is 24.7 Å². The van der Waals surface area contributed by atoms with E-state index in [9.17, 15) is 0 Å². The highest BCUT2D eigenvalue weighted by atomic mass is 13.8. The Labute approximate surface area is 52.3 Å². The van der Waals surface area contributed by atoms with E-state index in [-0.39, 0.29) is 0 Å². The van der Waals surface area contributed by atoms with Gasteiger partial charge >= 0.3 is 0 Å². The number of hydrogen-bond acceptors (Lipinski definition) is 0. The van der Waals surface area contributed by atoms with Crippen molar-refractivity contribution >= 4 is 0 Å². The molecule has 0 aromatic carbocycles. The van der Waals surface area contributed by atoms with E-state index in [1.807, 2.05) is 13.8 Å². The van der Waals surface area contributed by atoms with E-state index in [1.165, 1.54) is 0 Å². The quantitative estimate of drug-likeness (QED) is 0.416. The molecule has 0 aromatic heterocycles. The summed E-state index contributed by atoms with van der Waals surface area (Å²) < 4.78 is 0. The zero-order valence-corrected chi connectivity index (χ0v) is 5.73. The summed E-state index contributed by atoms with van der Waals surface area (Å²) in [5.74, 6) is 5.19. The Kier molecular flexibility index (Phi) is 12.0. The Morgan fingerprint density at radius 1 is 1.25 bits per heavy atom. The minimum atomic E-state index is 0.412. The lowest BCUT2D eigenvalue weighted by atomic mass is 10.2. The Morgan fingerprint density at radius 2 is 1.38 bits per heavy atom. The van der Waals surface area contributed by atoms with Gasteiger partial charge in [-0.1, -0.05) is 13.8 Å². The molecule has 0 unspecified atom stereocenters. The maximum absolute atomic E-state index is 4.92. The number of terminal acetylenes is 2. The molecule has 0 aromatic rings. The fraction of sp³-hybridized carbons (Fsp3) is 0.500. The van der Waals surface area contributed by atoms with Gasteiger partial charge in [0, 0.05) is 5.92 Å². The standard InChI is InChI=1S/C5H8.C3H4/c1-4-5(2)3;1-3-2/h1,5H,2-3H3;1H,2H3. The molecule has 44 valence electrons. The zero-order valence-electron chi connectivity index (χ0n) is 5.73. The monoisotopic (exact) mass is 108 g/mol. The molecule has 0 spiro atoms. The van der Waals surface area contributed by atoms with Crippen molar-refractivity contribution in [3.63, 3.8) is 0 Å². The van der Waals surface area contributed by atoms with Crippen LogP contribution >= 0.6 is 0 Å². The summed E-state index contributed by atoms with van der Waals surface area (Å²) in [5.41, 5.74) is 0. The van der Waals surface area contributed by atoms with Gasteiger partial charge < -0.3 is 0 Å². The van der Waals surface area contributed by atoms with Crippen LogP contribution in [0.15, 0.2) is 0 Å². The first-order valence-corrected chi connectivity index (χ1v) is 2.52. The predicted octanol–water partition coefficient (Wildman–Crippen LogP) is 1.92. The van der Waals surface area contributed by atoms with Gasteiger partial charge in [0.25, 0.3) is 0 Å². The lowest BCUT2D eigenvalue weighted by molar-refractivity contribution is 0.868. The van der Waals surface area contributed by atoms with Crippen LogP contribution in [0.3, 0.4) is 0 Å². The van der Waals surface area contributed by atoms with Gasteiger partial charge in [0.2, 0.25) is 0 Å². The number of hydrogen-bond donors (Lipinski definition) is 0. The second-order valence-electron chi connectivity index (χ2n) is 1.61. The van der Waals surface area contributed by atoms with Gasteiger partial charge in [0.15, 0.2) is 0 Å². The van der Waals surface area contributed by atoms with Crippen molar-refractivity contribution in [1.82, 2.24) is 0 Å². The molecule has 0 amide bonds. The van der Waals surface area contributed by atoms with E-state index >= 15 is 0 Å². The lowest BCUT2D eigenvalue weighted by Gasteiger charge is -1.80. The lowest BCUT2D eigenvalue weighted by Crippen LogP contribution is -1.72. The van der Waals surface area contributed by atoms with Gasteiger partial charge in [-0.05, 0) is 6.92 Å². The third-order valence-corrected chi connectivity index (χ3v) is 0.333. The summed E-state index contributed by atoms with van der Waals surface area (Å²) >= 11 is 0. The molecule has 0 heterocycles. The summed E-state index contributed by atoms with van der Waals surface area (Å²) in [6.45, 7) is 5.62. The van der Waals surface area contributed by atoms with Crippen LogP contribution in [0.4, 0.5) is 0 Å². The largest absolute Gasteiger partial charge is 0.120 e. The molecule has 0 aliphatic heterocycles. The highest BCUT2D eigenvalue weighted by Gasteiger charge is 1.74. The molecule has 0 N–H and O–H groups in total. The molecule has 8 heavy (non-hydrogen) atoms. The predicted molar refractivity (Wildman–Crippen MR) is 38.2 cm³/mol. The molecular formula is C8H12. The second-order valence-corrected chi connectivity index (χ2v) is 1.61. The third-order valence-electron chi connectivity index (χ3n) is 0.333. The van der Waals surface area contributed by atoms with Gasteiger partial charge in [0.05, 0.1) is 0 Å². The molecule has 0 rings (SSSR count). The summed E-state index contributed by atoms with van der Waals surface area (Å²) in [5, 5.41) is 0. The van der Waals surface area contributed by atoms with Crippen LogP contribution in [0.5, 0.6) is 0 Å². The number of rotatable bonds is 0. The van der Waals surface area contributed by atoms with Crippen molar-refractivity contribution in [3.05, 3.63) is 0 Å². The minimum absolute atomic E-state index is 0.412. The summed E-state index contributed by atoms with van der Waals surface area (Å²) in [6, 6.07) is 0. The molecule has 0 bridgehead atoms. The summed E-state index contributed by atoms with van der Waals surface area (Å²) in [4.78, 5) is 0. The van der Waals surface area contributed by atoms with Gasteiger partial charge in [-0.25, -0.2) is 0 Å². The van der Waals surface area contributed by atoms with Crippen molar-refractivity contribution in [2.24, 2.45) is 5.92 Å². The Morgan fingerprint density at radius 3 is 1.38 bits per heavy atom. The average molecular weight is 108 g/mol. The van der Waals surface area contributed by atoms with E-state index in [4.69, 9.17) is 6.42 Å². The van der Waals surface area contributed by atoms with Crippen LogP contribution in [-0.4, -0.2) is 0 Å². The Bertz CT molecular complexity index is 96.2. The highest BCUT2D eigenvalue weighted by molar-refractivity contribution is 4.86. The Hall–Kier alpha value is -0.880. The van der Waals surface area contributed by atoms with E-state index in [2.05, 4.69) is 18.3 Å². The van der Waals surface area contributed by atoms with Crippen molar-refractivity contribution in [1.29, 1.82) is 0 Å². The molecule has 0 saturated carbocycles. The molecule has 0 aliphatic rings. The molecule has 0 radical (unpaired) electrons. The SMILES string of the molecule is C#CC.C#CC(C)C. The van der Waals surface area contributed by atoms with Crippen LogP contribution in [0.25, 0.3) is 0 Å². The van der Waals surface area contributed by atoms with E-state index in [0.29, 0.717) is 5.92 Å². The molecule has 0 heteroatoms. The van der Waals surface area contributed by atoms with Crippen LogP contribution in [0.2, 0.25) is 0 Å². The first-order chi connectivity index (χ1) is 3.68. The fourth-order valence-electron chi connectivity index (χ4n) is 0. The van der Waals surface area contributed by atoms with Crippen LogP contribution in [-0.2, 0) is 0 Å². The van der Waals surface area contributed by atoms with Crippen LogP contribution < -0.4 is 0 Å². The summed E-state index contributed by atoms with van der Waals surface area (Å²) in [7, 11) is 0. The normalized spacial score (nSPS) is 5.75. The third kappa shape index (κ3) is 69.3. The van der Waals surface area contributed by atoms with Crippen molar-refractivity contribution < 1.29 is 0 Å². The first-order valence-electron chi connectivity index (χ1n) is 2.52. The maximum atomic E-state index is 4.92. The average Bonchev–Trinajstić information content (AvgIpc) is 1.69. The highest BCUT2D eigenvalue weighted by Crippen LogP contribution is 1.81. The van der Waals surface area contributed by atoms with Crippen molar-refractivity contribution in [2.75, 3.05) is 0 Å². The molecule has 0 saturated heterocycles. The van der Waals surface area contributed by atoms with Gasteiger partial charge in [-0.15, -0.1) is 24.7 Å². The van der Waals surface area contributed by atoms with Gasteiger partial charge in [0.1, 0.15) is 0 Å². The zero-order chi connectivity index (χ0) is 6.99. The molecular weight excluding hydrogens is 96.1 g/mol. The van der Waals surface area contributed by atoms with Gasteiger partial charge in [-0.3, -0.25) is 0 Å². The van der Waals surface area contributed by atoms with E-state index < -0.39 is 0 Å². The molecule has 0 atom stereocenters. The van der Waals surface area contributed by atoms with E-state index in [1.54, 1.807) is 6.92 Å². The summed E-state index contributed by atoms with van der Waals surface area (Å²) in [6.07, 6.45) is 9.52. The second kappa shape index (κ2) is 9.45.